The van der Waals surface area contributed by atoms with Gasteiger partial charge in [0.05, 0.1) is 13.2 Å². The van der Waals surface area contributed by atoms with Crippen LogP contribution in [0.5, 0.6) is 0 Å². The molecule has 0 saturated carbocycles. The Morgan fingerprint density at radius 3 is 1.44 bits per heavy atom. The second-order valence-corrected chi connectivity index (χ2v) is 6.57. The second kappa shape index (κ2) is 24.2. The summed E-state index contributed by atoms with van der Waals surface area (Å²) in [6, 6.07) is 0. The van der Waals surface area contributed by atoms with Crippen LogP contribution in [0.4, 0.5) is 0 Å². The molecule has 204 valence electrons. The highest BCUT2D eigenvalue weighted by Gasteiger charge is 2.08. The molecule has 0 aliphatic heterocycles. The van der Waals surface area contributed by atoms with Crippen LogP contribution in [0.25, 0.3) is 0 Å². The highest BCUT2D eigenvalue weighted by atomic mass is 16.6. The molecule has 0 radical (unpaired) electrons. The molecule has 0 aromatic rings. The summed E-state index contributed by atoms with van der Waals surface area (Å²) in [5, 5.41) is 0. The molecule has 0 rings (SSSR count). The van der Waals surface area contributed by atoms with E-state index in [2.05, 4.69) is 38.7 Å². The van der Waals surface area contributed by atoms with Crippen molar-refractivity contribution in [2.75, 3.05) is 26.4 Å². The summed E-state index contributed by atoms with van der Waals surface area (Å²) in [5.74, 6) is -2.61. The first-order valence-electron chi connectivity index (χ1n) is 10.6. The molecule has 0 spiro atoms. The van der Waals surface area contributed by atoms with Gasteiger partial charge < -0.3 is 28.4 Å². The lowest BCUT2D eigenvalue weighted by atomic mass is 10.4. The van der Waals surface area contributed by atoms with Gasteiger partial charge in [-0.1, -0.05) is 19.7 Å². The average molecular weight is 517 g/mol. The van der Waals surface area contributed by atoms with Crippen molar-refractivity contribution in [2.45, 2.75) is 53.2 Å². The molecule has 0 aliphatic carbocycles. The fraction of sp³-hybridized carbons (Fsp3) is 0.500. The van der Waals surface area contributed by atoms with Gasteiger partial charge in [-0.25, -0.2) is 14.4 Å². The summed E-state index contributed by atoms with van der Waals surface area (Å²) in [4.78, 5) is 62.5. The molecule has 0 aromatic carbocycles. The highest BCUT2D eigenvalue weighted by Crippen LogP contribution is 1.94. The van der Waals surface area contributed by atoms with Crippen molar-refractivity contribution in [1.29, 1.82) is 0 Å². The van der Waals surface area contributed by atoms with Gasteiger partial charge in [-0.15, -0.1) is 0 Å². The van der Waals surface area contributed by atoms with Crippen LogP contribution in [-0.4, -0.2) is 74.5 Å². The van der Waals surface area contributed by atoms with Crippen LogP contribution < -0.4 is 0 Å². The van der Waals surface area contributed by atoms with Gasteiger partial charge in [0.1, 0.15) is 25.4 Å². The van der Waals surface area contributed by atoms with E-state index in [1.54, 1.807) is 13.8 Å². The van der Waals surface area contributed by atoms with Gasteiger partial charge in [0.2, 0.25) is 0 Å². The molecule has 0 bridgehead atoms. The van der Waals surface area contributed by atoms with E-state index in [0.717, 1.165) is 18.2 Å². The molecule has 2 unspecified atom stereocenters. The summed E-state index contributed by atoms with van der Waals surface area (Å²) in [5.41, 5.74) is 0. The Hall–Kier alpha value is -3.96. The van der Waals surface area contributed by atoms with E-state index in [1.807, 2.05) is 0 Å². The van der Waals surface area contributed by atoms with Gasteiger partial charge >= 0.3 is 35.8 Å². The Balaban J connectivity index is -0.000000454. The molecule has 0 amide bonds. The normalized spacial score (nSPS) is 10.6. The quantitative estimate of drug-likeness (QED) is 0.152. The van der Waals surface area contributed by atoms with Crippen molar-refractivity contribution in [3.63, 3.8) is 0 Å². The Labute approximate surface area is 211 Å². The SMILES string of the molecule is C=CC(=O)OC(C)COC(C)=O.C=CC(=O)OCC(C)OC(C)=O.C=CC(=O)OCCCOC(C)=O. The van der Waals surface area contributed by atoms with Gasteiger partial charge in [0, 0.05) is 45.4 Å². The van der Waals surface area contributed by atoms with Crippen LogP contribution >= 0.6 is 0 Å². The number of hydrogen-bond donors (Lipinski definition) is 0. The monoisotopic (exact) mass is 516 g/mol. The maximum absolute atomic E-state index is 10.6. The van der Waals surface area contributed by atoms with E-state index in [4.69, 9.17) is 9.47 Å². The van der Waals surface area contributed by atoms with Crippen LogP contribution in [0.1, 0.15) is 41.0 Å². The van der Waals surface area contributed by atoms with E-state index in [9.17, 15) is 28.8 Å². The molecule has 36 heavy (non-hydrogen) atoms. The lowest BCUT2D eigenvalue weighted by Gasteiger charge is -2.10. The first kappa shape index (κ1) is 36.6. The Morgan fingerprint density at radius 2 is 1.00 bits per heavy atom. The largest absolute Gasteiger partial charge is 0.466 e. The first-order valence-corrected chi connectivity index (χ1v) is 10.6. The maximum Gasteiger partial charge on any atom is 0.330 e. The van der Waals surface area contributed by atoms with Crippen molar-refractivity contribution in [3.05, 3.63) is 38.0 Å². The lowest BCUT2D eigenvalue weighted by Crippen LogP contribution is -2.20. The standard InChI is InChI=1S/3C8H12O4/c1-4-8(10)11-5-6(2)12-7(3)9;1-4-8(10)12-6(2)5-11-7(3)9;1-3-8(10)12-6-4-5-11-7(2)9/h2*4,6H,1,5H2,2-3H3;3H,1,4-6H2,2H3. The van der Waals surface area contributed by atoms with Crippen molar-refractivity contribution in [1.82, 2.24) is 0 Å². The molecule has 0 saturated heterocycles. The van der Waals surface area contributed by atoms with E-state index >= 15 is 0 Å². The molecular weight excluding hydrogens is 480 g/mol. The zero-order valence-corrected chi connectivity index (χ0v) is 21.4. The Kier molecular flexibility index (Phi) is 24.6. The third kappa shape index (κ3) is 32.2. The molecule has 0 aromatic heterocycles. The van der Waals surface area contributed by atoms with Crippen LogP contribution in [0.2, 0.25) is 0 Å². The second-order valence-electron chi connectivity index (χ2n) is 6.57. The minimum atomic E-state index is -0.519. The number of carbonyl (C=O) groups is 6. The first-order chi connectivity index (χ1) is 16.8. The van der Waals surface area contributed by atoms with Crippen molar-refractivity contribution in [3.8, 4) is 0 Å². The van der Waals surface area contributed by atoms with Gasteiger partial charge in [0.15, 0.2) is 0 Å². The van der Waals surface area contributed by atoms with Gasteiger partial charge in [-0.2, -0.15) is 0 Å². The Bertz CT molecular complexity index is 741. The average Bonchev–Trinajstić information content (AvgIpc) is 2.80. The molecule has 12 nitrogen and oxygen atoms in total. The van der Waals surface area contributed by atoms with Gasteiger partial charge in [-0.3, -0.25) is 14.4 Å². The molecule has 0 aliphatic rings. The summed E-state index contributed by atoms with van der Waals surface area (Å²) in [6.07, 6.45) is 2.88. The zero-order valence-electron chi connectivity index (χ0n) is 21.4. The van der Waals surface area contributed by atoms with E-state index in [1.165, 1.54) is 20.8 Å². The minimum Gasteiger partial charge on any atom is -0.466 e. The predicted molar refractivity (Wildman–Crippen MR) is 127 cm³/mol. The van der Waals surface area contributed by atoms with Gasteiger partial charge in [-0.05, 0) is 13.8 Å². The molecule has 0 N–H and O–H groups in total. The van der Waals surface area contributed by atoms with Crippen LogP contribution in [0, 0.1) is 0 Å². The zero-order chi connectivity index (χ0) is 28.5. The summed E-state index contributed by atoms with van der Waals surface area (Å²) in [6.45, 7) is 17.5. The molecule has 0 heterocycles. The van der Waals surface area contributed by atoms with Crippen molar-refractivity contribution in [2.24, 2.45) is 0 Å². The fourth-order valence-electron chi connectivity index (χ4n) is 1.60. The Morgan fingerprint density at radius 1 is 0.583 bits per heavy atom. The smallest absolute Gasteiger partial charge is 0.330 e. The molecule has 2 atom stereocenters. The highest BCUT2D eigenvalue weighted by molar-refractivity contribution is 5.81. The summed E-state index contributed by atoms with van der Waals surface area (Å²) in [7, 11) is 0. The molecule has 0 fully saturated rings. The number of carbonyl (C=O) groups excluding carboxylic acids is 6. The number of ether oxygens (including phenoxy) is 6. The number of rotatable bonds is 13. The topological polar surface area (TPSA) is 158 Å². The van der Waals surface area contributed by atoms with Crippen LogP contribution in [-0.2, 0) is 57.2 Å². The van der Waals surface area contributed by atoms with Crippen LogP contribution in [0.3, 0.4) is 0 Å². The van der Waals surface area contributed by atoms with Gasteiger partial charge in [0.25, 0.3) is 0 Å². The molecule has 12 heteroatoms. The summed E-state index contributed by atoms with van der Waals surface area (Å²) >= 11 is 0. The molecular formula is C24H36O12. The van der Waals surface area contributed by atoms with E-state index in [-0.39, 0.29) is 32.4 Å². The number of hydrogen-bond acceptors (Lipinski definition) is 12. The third-order valence-electron chi connectivity index (χ3n) is 3.00. The van der Waals surface area contributed by atoms with Crippen molar-refractivity contribution >= 4 is 35.8 Å². The fourth-order valence-corrected chi connectivity index (χ4v) is 1.60. The van der Waals surface area contributed by atoms with Crippen LogP contribution in [0.15, 0.2) is 38.0 Å². The predicted octanol–water partition coefficient (Wildman–Crippen LogP) is 2.00. The lowest BCUT2D eigenvalue weighted by molar-refractivity contribution is -0.153. The maximum atomic E-state index is 10.6. The van der Waals surface area contributed by atoms with E-state index < -0.39 is 42.1 Å². The van der Waals surface area contributed by atoms with Crippen molar-refractivity contribution < 1.29 is 57.2 Å². The minimum absolute atomic E-state index is 0.0600. The number of esters is 6. The van der Waals surface area contributed by atoms with E-state index in [0.29, 0.717) is 6.42 Å². The third-order valence-corrected chi connectivity index (χ3v) is 3.00. The summed E-state index contributed by atoms with van der Waals surface area (Å²) < 4.78 is 27.9.